The van der Waals surface area contributed by atoms with Gasteiger partial charge in [0, 0.05) is 50.6 Å². The molecule has 0 atom stereocenters. The maximum absolute atomic E-state index is 12.0. The summed E-state index contributed by atoms with van der Waals surface area (Å²) >= 11 is 2.67. The Labute approximate surface area is 384 Å². The van der Waals surface area contributed by atoms with Crippen LogP contribution in [0.2, 0.25) is 0 Å². The summed E-state index contributed by atoms with van der Waals surface area (Å²) in [6.45, 7) is 14.7. The second kappa shape index (κ2) is 20.7. The Bertz CT molecular complexity index is 2960. The zero-order valence-corrected chi connectivity index (χ0v) is 39.2. The molecule has 7 rings (SSSR count). The van der Waals surface area contributed by atoms with Gasteiger partial charge in [-0.2, -0.15) is 23.4 Å². The van der Waals surface area contributed by atoms with Crippen molar-refractivity contribution in [3.05, 3.63) is 77.9 Å². The normalized spacial score (nSPS) is 12.0. The summed E-state index contributed by atoms with van der Waals surface area (Å²) in [6, 6.07) is 20.5. The molecule has 0 saturated carbocycles. The second-order valence-corrected chi connectivity index (χ2v) is 18.0. The standard InChI is InChI=1S/C43H50N14O5S3/c1-7-55(8-2)28-12-15-30(51-53-42-46-32-14-11-26(5)21-36(32)63-42)33(23-28)44-39-48-40(50-41(49-39)57(17-19-58)18-20-59)45-34-24-29(56(9-3)10-4)13-16-31(34)52-54-43-47-35-25-38(65(60,61)62)27(6)22-37(35)64-43/h11-16,21-25,58-59H,7-10,17-20H2,1-6H3,(H,60,61,62)(H2,44,45,48,49,50). The van der Waals surface area contributed by atoms with Crippen LogP contribution in [0, 0.1) is 13.8 Å². The molecule has 340 valence electrons. The molecule has 0 radical (unpaired) electrons. The predicted molar refractivity (Wildman–Crippen MR) is 260 cm³/mol. The number of nitrogens with zero attached hydrogens (tertiary/aromatic N) is 12. The fraction of sp³-hybridized carbons (Fsp3) is 0.326. The number of aromatic nitrogens is 5. The molecule has 5 N–H and O–H groups in total. The van der Waals surface area contributed by atoms with Crippen LogP contribution in [0.5, 0.6) is 0 Å². The Balaban J connectivity index is 1.30. The van der Waals surface area contributed by atoms with Crippen molar-refractivity contribution in [2.75, 3.05) is 77.8 Å². The van der Waals surface area contributed by atoms with Gasteiger partial charge in [0.05, 0.1) is 49.9 Å². The van der Waals surface area contributed by atoms with Gasteiger partial charge in [0.1, 0.15) is 11.4 Å². The van der Waals surface area contributed by atoms with Crippen molar-refractivity contribution in [3.63, 3.8) is 0 Å². The fourth-order valence-corrected chi connectivity index (χ4v) is 9.51. The van der Waals surface area contributed by atoms with Gasteiger partial charge in [-0.1, -0.05) is 28.7 Å². The van der Waals surface area contributed by atoms with Crippen molar-refractivity contribution in [1.82, 2.24) is 24.9 Å². The van der Waals surface area contributed by atoms with Crippen LogP contribution in [0.4, 0.5) is 62.2 Å². The summed E-state index contributed by atoms with van der Waals surface area (Å²) in [7, 11) is -4.45. The van der Waals surface area contributed by atoms with Gasteiger partial charge in [-0.3, -0.25) is 4.55 Å². The van der Waals surface area contributed by atoms with Crippen LogP contribution in [0.1, 0.15) is 38.8 Å². The van der Waals surface area contributed by atoms with E-state index in [0.29, 0.717) is 43.7 Å². The molecule has 4 aromatic carbocycles. The summed E-state index contributed by atoms with van der Waals surface area (Å²) in [5.41, 5.74) is 6.50. The van der Waals surface area contributed by atoms with Gasteiger partial charge in [-0.25, -0.2) is 9.97 Å². The minimum absolute atomic E-state index is 0.118. The summed E-state index contributed by atoms with van der Waals surface area (Å²) in [6.07, 6.45) is 0. The van der Waals surface area contributed by atoms with Gasteiger partial charge >= 0.3 is 0 Å². The van der Waals surface area contributed by atoms with E-state index in [1.165, 1.54) is 28.7 Å². The Morgan fingerprint density at radius 1 is 0.600 bits per heavy atom. The molecule has 3 aromatic heterocycles. The summed E-state index contributed by atoms with van der Waals surface area (Å²) in [5.74, 6) is 0.435. The number of rotatable bonds is 20. The van der Waals surface area contributed by atoms with E-state index in [9.17, 15) is 23.2 Å². The maximum Gasteiger partial charge on any atom is 0.294 e. The van der Waals surface area contributed by atoms with Crippen LogP contribution in [0.15, 0.2) is 92.1 Å². The minimum atomic E-state index is -4.45. The Kier molecular flexibility index (Phi) is 14.9. The Hall–Kier alpha value is -6.30. The van der Waals surface area contributed by atoms with Crippen LogP contribution in [0.25, 0.3) is 20.4 Å². The lowest BCUT2D eigenvalue weighted by atomic mass is 10.2. The highest BCUT2D eigenvalue weighted by Gasteiger charge is 2.19. The third-order valence-electron chi connectivity index (χ3n) is 10.3. The van der Waals surface area contributed by atoms with Crippen molar-refractivity contribution in [2.45, 2.75) is 46.4 Å². The van der Waals surface area contributed by atoms with Crippen LogP contribution in [-0.2, 0) is 10.1 Å². The molecule has 0 aliphatic carbocycles. The fourth-order valence-electron chi connectivity index (χ4n) is 7.03. The number of hydrogen-bond donors (Lipinski definition) is 5. The van der Waals surface area contributed by atoms with Crippen LogP contribution in [0.3, 0.4) is 0 Å². The number of thiazole rings is 2. The van der Waals surface area contributed by atoms with E-state index >= 15 is 0 Å². The number of aliphatic hydroxyl groups is 2. The number of aryl methyl sites for hydroxylation is 2. The summed E-state index contributed by atoms with van der Waals surface area (Å²) < 4.78 is 35.3. The van der Waals surface area contributed by atoms with E-state index in [1.54, 1.807) is 24.0 Å². The van der Waals surface area contributed by atoms with Crippen LogP contribution in [-0.4, -0.2) is 101 Å². The van der Waals surface area contributed by atoms with Crippen molar-refractivity contribution in [3.8, 4) is 0 Å². The third-order valence-corrected chi connectivity index (χ3v) is 13.1. The van der Waals surface area contributed by atoms with Gasteiger partial charge in [-0.05, 0) is 113 Å². The van der Waals surface area contributed by atoms with Gasteiger partial charge in [0.15, 0.2) is 0 Å². The predicted octanol–water partition coefficient (Wildman–Crippen LogP) is 9.76. The smallest absolute Gasteiger partial charge is 0.294 e. The van der Waals surface area contributed by atoms with Crippen molar-refractivity contribution in [2.24, 2.45) is 20.5 Å². The molecule has 0 spiro atoms. The summed E-state index contributed by atoms with van der Waals surface area (Å²) in [4.78, 5) is 29.2. The number of anilines is 7. The van der Waals surface area contributed by atoms with Crippen molar-refractivity contribution < 1.29 is 23.2 Å². The molecule has 0 bridgehead atoms. The largest absolute Gasteiger partial charge is 0.395 e. The van der Waals surface area contributed by atoms with Crippen molar-refractivity contribution in [1.29, 1.82) is 0 Å². The zero-order chi connectivity index (χ0) is 46.3. The average Bonchev–Trinajstić information content (AvgIpc) is 3.88. The lowest BCUT2D eigenvalue weighted by molar-refractivity contribution is 0.280. The first kappa shape index (κ1) is 46.7. The lowest BCUT2D eigenvalue weighted by Crippen LogP contribution is -2.31. The highest BCUT2D eigenvalue weighted by molar-refractivity contribution is 7.85. The molecule has 3 heterocycles. The average molecular weight is 939 g/mol. The summed E-state index contributed by atoms with van der Waals surface area (Å²) in [5, 5.41) is 45.7. The molecule has 0 saturated heterocycles. The molecule has 22 heteroatoms. The van der Waals surface area contributed by atoms with E-state index in [4.69, 9.17) is 15.0 Å². The number of benzene rings is 4. The Morgan fingerprint density at radius 3 is 1.60 bits per heavy atom. The quantitative estimate of drug-likeness (QED) is 0.0353. The first-order valence-electron chi connectivity index (χ1n) is 21.0. The molecule has 0 aliphatic rings. The number of fused-ring (bicyclic) bond motifs is 2. The van der Waals surface area contributed by atoms with Crippen LogP contribution < -0.4 is 25.3 Å². The third kappa shape index (κ3) is 11.2. The molecule has 7 aromatic rings. The molecule has 0 aliphatic heterocycles. The zero-order valence-electron chi connectivity index (χ0n) is 36.8. The number of hydrogen-bond acceptors (Lipinski definition) is 20. The van der Waals surface area contributed by atoms with Gasteiger partial charge in [-0.15, -0.1) is 20.5 Å². The first-order chi connectivity index (χ1) is 31.3. The van der Waals surface area contributed by atoms with E-state index in [1.807, 2.05) is 49.4 Å². The topological polar surface area (TPSA) is 242 Å². The minimum Gasteiger partial charge on any atom is -0.395 e. The molecule has 0 amide bonds. The molecule has 0 fully saturated rings. The Morgan fingerprint density at radius 2 is 1.11 bits per heavy atom. The highest BCUT2D eigenvalue weighted by atomic mass is 32.2. The SMILES string of the molecule is CCN(CC)c1ccc(N=Nc2nc3ccc(C)cc3s2)c(Nc2nc(Nc3cc(N(CC)CC)ccc3N=Nc3nc4cc(S(=O)(=O)O)c(C)cc4s3)nc(N(CCO)CCO)n2)c1. The number of aliphatic hydroxyl groups excluding tert-OH is 2. The monoisotopic (exact) mass is 938 g/mol. The van der Waals surface area contributed by atoms with Gasteiger partial charge < -0.3 is 35.5 Å². The van der Waals surface area contributed by atoms with Gasteiger partial charge in [0.2, 0.25) is 28.1 Å². The van der Waals surface area contributed by atoms with E-state index < -0.39 is 10.1 Å². The van der Waals surface area contributed by atoms with Crippen LogP contribution >= 0.6 is 22.7 Å². The van der Waals surface area contributed by atoms with E-state index in [0.717, 1.165) is 53.3 Å². The first-order valence-corrected chi connectivity index (χ1v) is 24.0. The number of nitrogens with one attached hydrogen (secondary N) is 2. The number of azo groups is 2. The lowest BCUT2D eigenvalue weighted by Gasteiger charge is -2.24. The van der Waals surface area contributed by atoms with Gasteiger partial charge in [0.25, 0.3) is 10.1 Å². The van der Waals surface area contributed by atoms with E-state index in [2.05, 4.69) is 84.6 Å². The second-order valence-electron chi connectivity index (χ2n) is 14.6. The molecular formula is C43H50N14O5S3. The van der Waals surface area contributed by atoms with Crippen molar-refractivity contribution >= 4 is 115 Å². The molecular weight excluding hydrogens is 889 g/mol. The van der Waals surface area contributed by atoms with E-state index in [-0.39, 0.29) is 54.2 Å². The maximum atomic E-state index is 12.0. The molecule has 65 heavy (non-hydrogen) atoms. The molecule has 0 unspecified atom stereocenters. The highest BCUT2D eigenvalue weighted by Crippen LogP contribution is 2.38. The molecule has 19 nitrogen and oxygen atoms in total.